The van der Waals surface area contributed by atoms with Gasteiger partial charge in [0.25, 0.3) is 5.91 Å². The summed E-state index contributed by atoms with van der Waals surface area (Å²) in [6.07, 6.45) is 0. The first-order valence-electron chi connectivity index (χ1n) is 5.19. The fraction of sp³-hybridized carbons (Fsp3) is 0. The summed E-state index contributed by atoms with van der Waals surface area (Å²) in [6.45, 7) is 0. The molecule has 1 amide bonds. The van der Waals surface area contributed by atoms with Crippen molar-refractivity contribution in [1.82, 2.24) is 0 Å². The van der Waals surface area contributed by atoms with E-state index < -0.39 is 23.4 Å². The molecule has 0 aliphatic rings. The summed E-state index contributed by atoms with van der Waals surface area (Å²) in [7, 11) is 0. The minimum absolute atomic E-state index is 0.133. The van der Waals surface area contributed by atoms with E-state index in [0.29, 0.717) is 9.64 Å². The average molecular weight is 377 g/mol. The van der Waals surface area contributed by atoms with Crippen molar-refractivity contribution in [2.45, 2.75) is 0 Å². The third-order valence-electron chi connectivity index (χ3n) is 2.36. The van der Waals surface area contributed by atoms with Gasteiger partial charge < -0.3 is 5.32 Å². The first kappa shape index (κ1) is 13.9. The van der Waals surface area contributed by atoms with Crippen LogP contribution in [0.5, 0.6) is 0 Å². The third kappa shape index (κ3) is 3.25. The van der Waals surface area contributed by atoms with Gasteiger partial charge in [-0.1, -0.05) is 0 Å². The van der Waals surface area contributed by atoms with Gasteiger partial charge in [-0.25, -0.2) is 13.2 Å². The second-order valence-corrected chi connectivity index (χ2v) is 4.86. The molecule has 0 radical (unpaired) electrons. The molecular formula is C13H7F3INO. The van der Waals surface area contributed by atoms with Gasteiger partial charge in [-0.15, -0.1) is 0 Å². The van der Waals surface area contributed by atoms with Crippen molar-refractivity contribution in [1.29, 1.82) is 0 Å². The Bertz CT molecular complexity index is 646. The summed E-state index contributed by atoms with van der Waals surface area (Å²) in [5.74, 6) is -2.65. The first-order valence-corrected chi connectivity index (χ1v) is 6.26. The predicted molar refractivity (Wildman–Crippen MR) is 73.4 cm³/mol. The number of carbonyl (C=O) groups excluding carboxylic acids is 1. The largest absolute Gasteiger partial charge is 0.319 e. The van der Waals surface area contributed by atoms with E-state index in [1.165, 1.54) is 12.1 Å². The molecule has 0 aliphatic carbocycles. The maximum Gasteiger partial charge on any atom is 0.256 e. The van der Waals surface area contributed by atoms with Gasteiger partial charge in [-0.3, -0.25) is 4.79 Å². The number of halogens is 4. The zero-order valence-electron chi connectivity index (χ0n) is 9.38. The molecule has 0 unspecified atom stereocenters. The summed E-state index contributed by atoms with van der Waals surface area (Å²) in [5.41, 5.74) is 0.0808. The van der Waals surface area contributed by atoms with E-state index in [1.807, 2.05) is 0 Å². The lowest BCUT2D eigenvalue weighted by Gasteiger charge is -2.08. The lowest BCUT2D eigenvalue weighted by atomic mass is 10.2. The predicted octanol–water partition coefficient (Wildman–Crippen LogP) is 3.96. The van der Waals surface area contributed by atoms with Crippen molar-refractivity contribution >= 4 is 34.2 Å². The van der Waals surface area contributed by atoms with Gasteiger partial charge in [0.1, 0.15) is 17.5 Å². The van der Waals surface area contributed by atoms with Crippen molar-refractivity contribution in [3.8, 4) is 0 Å². The molecule has 19 heavy (non-hydrogen) atoms. The Morgan fingerprint density at radius 2 is 1.63 bits per heavy atom. The number of amides is 1. The quantitative estimate of drug-likeness (QED) is 0.789. The highest BCUT2D eigenvalue weighted by Crippen LogP contribution is 2.19. The van der Waals surface area contributed by atoms with Crippen LogP contribution in [0.4, 0.5) is 18.9 Å². The molecule has 0 saturated carbocycles. The van der Waals surface area contributed by atoms with Crippen molar-refractivity contribution < 1.29 is 18.0 Å². The molecular weight excluding hydrogens is 370 g/mol. The highest BCUT2D eigenvalue weighted by molar-refractivity contribution is 14.1. The fourth-order valence-corrected chi connectivity index (χ4v) is 2.18. The van der Waals surface area contributed by atoms with Crippen molar-refractivity contribution in [2.75, 3.05) is 5.32 Å². The van der Waals surface area contributed by atoms with E-state index in [1.54, 1.807) is 22.6 Å². The van der Waals surface area contributed by atoms with Crippen molar-refractivity contribution in [2.24, 2.45) is 0 Å². The highest BCUT2D eigenvalue weighted by atomic mass is 127. The topological polar surface area (TPSA) is 29.1 Å². The Balaban J connectivity index is 2.25. The first-order chi connectivity index (χ1) is 8.97. The van der Waals surface area contributed by atoms with Crippen LogP contribution in [0.25, 0.3) is 0 Å². The number of anilines is 1. The number of carbonyl (C=O) groups is 1. The Hall–Kier alpha value is -1.57. The molecule has 0 atom stereocenters. The minimum atomic E-state index is -0.870. The molecule has 2 aromatic rings. The summed E-state index contributed by atoms with van der Waals surface area (Å²) in [4.78, 5) is 11.9. The molecule has 0 fully saturated rings. The van der Waals surface area contributed by atoms with Crippen LogP contribution in [0.2, 0.25) is 0 Å². The van der Waals surface area contributed by atoms with Crippen LogP contribution >= 0.6 is 22.6 Å². The molecule has 0 saturated heterocycles. The maximum atomic E-state index is 13.4. The van der Waals surface area contributed by atoms with Crippen LogP contribution in [0.15, 0.2) is 36.4 Å². The highest BCUT2D eigenvalue weighted by Gasteiger charge is 2.13. The van der Waals surface area contributed by atoms with E-state index in [-0.39, 0.29) is 11.3 Å². The second kappa shape index (κ2) is 5.60. The van der Waals surface area contributed by atoms with Crippen LogP contribution in [0, 0.1) is 21.0 Å². The van der Waals surface area contributed by atoms with Gasteiger partial charge in [-0.05, 0) is 52.9 Å². The molecule has 1 N–H and O–H groups in total. The van der Waals surface area contributed by atoms with Gasteiger partial charge in [0, 0.05) is 9.64 Å². The minimum Gasteiger partial charge on any atom is -0.319 e. The van der Waals surface area contributed by atoms with E-state index in [2.05, 4.69) is 5.32 Å². The molecule has 0 spiro atoms. The summed E-state index contributed by atoms with van der Waals surface area (Å²) in [6, 6.07) is 6.46. The standard InChI is InChI=1S/C13H7F3INO/c14-7-2-4-12(10(16)5-7)18-13(19)9-3-1-8(15)6-11(9)17/h1-6H,(H,18,19). The Labute approximate surface area is 120 Å². The van der Waals surface area contributed by atoms with Gasteiger partial charge in [-0.2, -0.15) is 0 Å². The number of hydrogen-bond donors (Lipinski definition) is 1. The summed E-state index contributed by atoms with van der Waals surface area (Å²) >= 11 is 1.80. The van der Waals surface area contributed by atoms with Crippen molar-refractivity contribution in [3.05, 3.63) is 63.0 Å². The Morgan fingerprint density at radius 3 is 2.26 bits per heavy atom. The maximum absolute atomic E-state index is 13.4. The fourth-order valence-electron chi connectivity index (χ4n) is 1.45. The van der Waals surface area contributed by atoms with Gasteiger partial charge in [0.2, 0.25) is 0 Å². The zero-order valence-corrected chi connectivity index (χ0v) is 11.5. The van der Waals surface area contributed by atoms with E-state index in [0.717, 1.165) is 18.2 Å². The van der Waals surface area contributed by atoms with Crippen LogP contribution < -0.4 is 5.32 Å². The molecule has 0 bridgehead atoms. The normalized spacial score (nSPS) is 10.3. The number of nitrogens with one attached hydrogen (secondary N) is 1. The van der Waals surface area contributed by atoms with Crippen LogP contribution in [0.1, 0.15) is 10.4 Å². The molecule has 0 aromatic heterocycles. The zero-order chi connectivity index (χ0) is 14.0. The second-order valence-electron chi connectivity index (χ2n) is 3.70. The SMILES string of the molecule is O=C(Nc1ccc(F)cc1F)c1ccc(F)cc1I. The van der Waals surface area contributed by atoms with E-state index in [9.17, 15) is 18.0 Å². The number of hydrogen-bond acceptors (Lipinski definition) is 1. The molecule has 0 heterocycles. The number of benzene rings is 2. The monoisotopic (exact) mass is 377 g/mol. The molecule has 6 heteroatoms. The van der Waals surface area contributed by atoms with Crippen LogP contribution in [-0.2, 0) is 0 Å². The molecule has 2 nitrogen and oxygen atoms in total. The molecule has 98 valence electrons. The summed E-state index contributed by atoms with van der Waals surface area (Å²) in [5, 5.41) is 2.31. The smallest absolute Gasteiger partial charge is 0.256 e. The third-order valence-corrected chi connectivity index (χ3v) is 3.25. The molecule has 2 rings (SSSR count). The van der Waals surface area contributed by atoms with Crippen LogP contribution in [0.3, 0.4) is 0 Å². The molecule has 2 aromatic carbocycles. The average Bonchev–Trinajstić information content (AvgIpc) is 2.32. The lowest BCUT2D eigenvalue weighted by Crippen LogP contribution is -2.14. The lowest BCUT2D eigenvalue weighted by molar-refractivity contribution is 0.102. The molecule has 0 aliphatic heterocycles. The number of rotatable bonds is 2. The summed E-state index contributed by atoms with van der Waals surface area (Å²) < 4.78 is 39.4. The Morgan fingerprint density at radius 1 is 1.00 bits per heavy atom. The van der Waals surface area contributed by atoms with Crippen LogP contribution in [-0.4, -0.2) is 5.91 Å². The van der Waals surface area contributed by atoms with Gasteiger partial charge in [0.05, 0.1) is 11.3 Å². The van der Waals surface area contributed by atoms with Gasteiger partial charge >= 0.3 is 0 Å². The van der Waals surface area contributed by atoms with Gasteiger partial charge in [0.15, 0.2) is 0 Å². The van der Waals surface area contributed by atoms with E-state index >= 15 is 0 Å². The van der Waals surface area contributed by atoms with E-state index in [4.69, 9.17) is 0 Å². The van der Waals surface area contributed by atoms with Crippen molar-refractivity contribution in [3.63, 3.8) is 0 Å². The Kier molecular flexibility index (Phi) is 4.08.